The molecule has 0 bridgehead atoms. The zero-order valence-corrected chi connectivity index (χ0v) is 17.4. The lowest BCUT2D eigenvalue weighted by Crippen LogP contribution is -2.82. The average molecular weight is 427 g/mol. The molecule has 0 saturated carbocycles. The molecule has 3 rings (SSSR count). The minimum atomic E-state index is 0.364. The first kappa shape index (κ1) is 20.6. The maximum absolute atomic E-state index is 6.05. The average Bonchev–Trinajstić information content (AvgIpc) is 2.73. The van der Waals surface area contributed by atoms with Gasteiger partial charge in [0.2, 0.25) is 11.3 Å². The summed E-state index contributed by atoms with van der Waals surface area (Å²) >= 11 is 11.3. The third-order valence-electron chi connectivity index (χ3n) is 3.95. The van der Waals surface area contributed by atoms with E-state index < -0.39 is 0 Å². The molecular formula is C22H21ClN3O2S+. The molecule has 0 aliphatic heterocycles. The van der Waals surface area contributed by atoms with Gasteiger partial charge in [-0.15, -0.1) is 10.5 Å². The fraction of sp³-hybridized carbons (Fsp3) is 0.0909. The van der Waals surface area contributed by atoms with Gasteiger partial charge in [-0.3, -0.25) is 0 Å². The highest BCUT2D eigenvalue weighted by Crippen LogP contribution is 2.30. The van der Waals surface area contributed by atoms with Gasteiger partial charge in [0.1, 0.15) is 6.61 Å². The number of hydrazone groups is 1. The van der Waals surface area contributed by atoms with Crippen molar-refractivity contribution in [3.05, 3.63) is 88.9 Å². The van der Waals surface area contributed by atoms with E-state index in [-0.39, 0.29) is 0 Å². The second-order valence-electron chi connectivity index (χ2n) is 6.03. The van der Waals surface area contributed by atoms with Gasteiger partial charge in [0.05, 0.1) is 12.7 Å². The third-order valence-corrected chi connectivity index (χ3v) is 4.39. The summed E-state index contributed by atoms with van der Waals surface area (Å²) in [5, 5.41) is 7.18. The summed E-state index contributed by atoms with van der Waals surface area (Å²) in [5.74, 6) is 1.25. The lowest BCUT2D eigenvalue weighted by molar-refractivity contribution is -0.499. The van der Waals surface area contributed by atoms with Crippen molar-refractivity contribution >= 4 is 40.8 Å². The Bertz CT molecular complexity index is 996. The molecule has 0 heterocycles. The van der Waals surface area contributed by atoms with E-state index in [9.17, 15) is 0 Å². The van der Waals surface area contributed by atoms with Gasteiger partial charge in [0.25, 0.3) is 0 Å². The van der Waals surface area contributed by atoms with Gasteiger partial charge in [-0.2, -0.15) is 0 Å². The Labute approximate surface area is 180 Å². The summed E-state index contributed by atoms with van der Waals surface area (Å²) in [7, 11) is 1.61. The number of halogens is 1. The van der Waals surface area contributed by atoms with E-state index in [1.54, 1.807) is 13.3 Å². The summed E-state index contributed by atoms with van der Waals surface area (Å²) in [5.41, 5.74) is 5.60. The van der Waals surface area contributed by atoms with Crippen LogP contribution in [0.1, 0.15) is 11.1 Å². The Hall–Kier alpha value is -3.09. The Morgan fingerprint density at radius 3 is 2.62 bits per heavy atom. The molecule has 7 heteroatoms. The van der Waals surface area contributed by atoms with Crippen LogP contribution in [0.5, 0.6) is 11.5 Å². The second-order valence-corrected chi connectivity index (χ2v) is 6.88. The number of thiocarbonyl (C=S) groups is 1. The van der Waals surface area contributed by atoms with E-state index in [4.69, 9.17) is 33.3 Å². The Kier molecular flexibility index (Phi) is 7.44. The van der Waals surface area contributed by atoms with Crippen molar-refractivity contribution in [2.45, 2.75) is 6.61 Å². The van der Waals surface area contributed by atoms with Crippen LogP contribution in [0.4, 0.5) is 5.69 Å². The fourth-order valence-corrected chi connectivity index (χ4v) is 3.00. The first-order chi connectivity index (χ1) is 14.2. The van der Waals surface area contributed by atoms with Gasteiger partial charge in [0.15, 0.2) is 11.5 Å². The van der Waals surface area contributed by atoms with Crippen LogP contribution in [0.3, 0.4) is 0 Å². The monoisotopic (exact) mass is 426 g/mol. The van der Waals surface area contributed by atoms with Gasteiger partial charge in [-0.1, -0.05) is 48.0 Å². The molecule has 0 aromatic heterocycles. The van der Waals surface area contributed by atoms with Crippen molar-refractivity contribution in [1.29, 1.82) is 0 Å². The smallest absolute Gasteiger partial charge is 0.228 e. The van der Waals surface area contributed by atoms with Crippen LogP contribution in [-0.2, 0) is 6.61 Å². The van der Waals surface area contributed by atoms with Crippen molar-refractivity contribution in [2.75, 3.05) is 12.4 Å². The molecule has 0 unspecified atom stereocenters. The molecular weight excluding hydrogens is 406 g/mol. The van der Waals surface area contributed by atoms with Crippen molar-refractivity contribution in [3.8, 4) is 11.5 Å². The number of benzene rings is 3. The van der Waals surface area contributed by atoms with Crippen molar-refractivity contribution in [2.24, 2.45) is 0 Å². The zero-order valence-electron chi connectivity index (χ0n) is 15.8. The number of para-hydroxylation sites is 2. The highest BCUT2D eigenvalue weighted by atomic mass is 35.5. The Morgan fingerprint density at radius 1 is 1.07 bits per heavy atom. The number of nitrogens with one attached hydrogen (secondary N) is 3. The molecule has 0 spiro atoms. The molecule has 0 aliphatic rings. The molecule has 0 atom stereocenters. The van der Waals surface area contributed by atoms with Crippen LogP contribution in [-0.4, -0.2) is 18.4 Å². The lowest BCUT2D eigenvalue weighted by atomic mass is 10.2. The molecule has 0 aliphatic carbocycles. The predicted octanol–water partition coefficient (Wildman–Crippen LogP) is 3.33. The number of hydrogen-bond acceptors (Lipinski definition) is 3. The highest BCUT2D eigenvalue weighted by molar-refractivity contribution is 7.80. The molecule has 3 aromatic carbocycles. The summed E-state index contributed by atoms with van der Waals surface area (Å²) in [4.78, 5) is 0. The van der Waals surface area contributed by atoms with Crippen LogP contribution in [0.15, 0.2) is 72.8 Å². The third kappa shape index (κ3) is 6.20. The molecule has 0 saturated heterocycles. The predicted molar refractivity (Wildman–Crippen MR) is 121 cm³/mol. The zero-order chi connectivity index (χ0) is 20.5. The van der Waals surface area contributed by atoms with Crippen LogP contribution in [0, 0.1) is 0 Å². The van der Waals surface area contributed by atoms with Crippen LogP contribution < -0.4 is 25.3 Å². The number of ether oxygens (including phenoxy) is 2. The first-order valence-corrected chi connectivity index (χ1v) is 9.69. The molecule has 3 N–H and O–H groups in total. The Balaban J connectivity index is 1.68. The van der Waals surface area contributed by atoms with Gasteiger partial charge in [-0.05, 0) is 54.2 Å². The largest absolute Gasteiger partial charge is 0.493 e. The van der Waals surface area contributed by atoms with E-state index in [1.807, 2.05) is 72.8 Å². The van der Waals surface area contributed by atoms with Crippen molar-refractivity contribution in [3.63, 3.8) is 0 Å². The number of rotatable bonds is 7. The van der Waals surface area contributed by atoms with Crippen LogP contribution in [0.25, 0.3) is 0 Å². The number of anilines is 1. The maximum Gasteiger partial charge on any atom is 0.228 e. The quantitative estimate of drug-likeness (QED) is 0.307. The number of methoxy groups -OCH3 is 1. The minimum Gasteiger partial charge on any atom is -0.493 e. The maximum atomic E-state index is 6.05. The van der Waals surface area contributed by atoms with E-state index in [0.717, 1.165) is 16.8 Å². The normalized spacial score (nSPS) is 10.6. The van der Waals surface area contributed by atoms with Gasteiger partial charge >= 0.3 is 0 Å². The molecule has 0 fully saturated rings. The molecule has 29 heavy (non-hydrogen) atoms. The Morgan fingerprint density at radius 2 is 1.86 bits per heavy atom. The molecule has 0 radical (unpaired) electrons. The highest BCUT2D eigenvalue weighted by Gasteiger charge is 2.12. The molecule has 0 amide bonds. The van der Waals surface area contributed by atoms with Crippen LogP contribution in [0.2, 0.25) is 5.02 Å². The lowest BCUT2D eigenvalue weighted by Gasteiger charge is -2.12. The van der Waals surface area contributed by atoms with E-state index in [0.29, 0.717) is 28.2 Å². The summed E-state index contributed by atoms with van der Waals surface area (Å²) in [6.07, 6.45) is 1.76. The summed E-state index contributed by atoms with van der Waals surface area (Å²) in [6, 6.07) is 22.9. The first-order valence-electron chi connectivity index (χ1n) is 8.91. The second kappa shape index (κ2) is 10.5. The minimum absolute atomic E-state index is 0.364. The standard InChI is InChI=1S/C22H20ClN3O2S/c1-27-20-12-6-8-17(21(20)28-15-16-7-5-9-18(23)13-16)14-24-26-22(29)25-19-10-3-2-4-11-19/h2-14H,15H2,1H3,(H2,25,26,29)/p+1. The molecule has 3 aromatic rings. The topological polar surface area (TPSA) is 56.5 Å². The van der Waals surface area contributed by atoms with Gasteiger partial charge in [0, 0.05) is 10.7 Å². The summed E-state index contributed by atoms with van der Waals surface area (Å²) < 4.78 is 11.5. The molecule has 148 valence electrons. The number of hydrogen-bond donors (Lipinski definition) is 3. The van der Waals surface area contributed by atoms with Crippen molar-refractivity contribution < 1.29 is 14.6 Å². The van der Waals surface area contributed by atoms with Crippen molar-refractivity contribution in [1.82, 2.24) is 5.43 Å². The van der Waals surface area contributed by atoms with E-state index in [2.05, 4.69) is 15.8 Å². The van der Waals surface area contributed by atoms with Gasteiger partial charge < -0.3 is 14.8 Å². The van der Waals surface area contributed by atoms with Crippen LogP contribution >= 0.6 is 23.8 Å². The van der Waals surface area contributed by atoms with E-state index in [1.165, 1.54) is 0 Å². The fourth-order valence-electron chi connectivity index (χ4n) is 2.61. The SMILES string of the molecule is COc1cccc(C=[NH+]NC(=S)Nc2ccccc2)c1OCc1cccc(Cl)c1. The summed E-state index contributed by atoms with van der Waals surface area (Å²) in [6.45, 7) is 0.364. The van der Waals surface area contributed by atoms with E-state index >= 15 is 0 Å². The number of hydrazine groups is 1. The molecule has 5 nitrogen and oxygen atoms in total. The van der Waals surface area contributed by atoms with Gasteiger partial charge in [-0.25, -0.2) is 0 Å².